The third-order valence-corrected chi connectivity index (χ3v) is 10.3. The zero-order chi connectivity index (χ0) is 31.9. The number of rotatable bonds is 10. The van der Waals surface area contributed by atoms with Crippen molar-refractivity contribution >= 4 is 50.4 Å². The number of H-pyrrole nitrogens is 1. The largest absolute Gasteiger partial charge is 0.481 e. The van der Waals surface area contributed by atoms with E-state index < -0.39 is 28.2 Å². The number of carbonyl (C=O) groups is 1. The summed E-state index contributed by atoms with van der Waals surface area (Å²) in [5.74, 6) is 1.12. The lowest BCUT2D eigenvalue weighted by Gasteiger charge is -2.46. The van der Waals surface area contributed by atoms with E-state index in [2.05, 4.69) is 33.1 Å². The Morgan fingerprint density at radius 2 is 2.13 bits per heavy atom. The number of nitriles is 1. The number of amides is 1. The van der Waals surface area contributed by atoms with Crippen molar-refractivity contribution in [2.75, 3.05) is 50.6 Å². The third-order valence-electron chi connectivity index (χ3n) is 8.06. The van der Waals surface area contributed by atoms with Gasteiger partial charge in [0.2, 0.25) is 27.6 Å². The van der Waals surface area contributed by atoms with Crippen LogP contribution in [0.15, 0.2) is 40.6 Å². The number of carbonyl (C=O) groups excluding carboxylic acids is 1. The van der Waals surface area contributed by atoms with Crippen molar-refractivity contribution in [3.63, 3.8) is 0 Å². The monoisotopic (exact) mass is 651 g/mol. The summed E-state index contributed by atoms with van der Waals surface area (Å²) in [5.41, 5.74) is 2.80. The maximum absolute atomic E-state index is 13.0. The minimum atomic E-state index is -3.81. The summed E-state index contributed by atoms with van der Waals surface area (Å²) in [5, 5.41) is 23.8. The van der Waals surface area contributed by atoms with Crippen LogP contribution in [0.4, 0.5) is 11.8 Å². The molecule has 0 radical (unpaired) electrons. The van der Waals surface area contributed by atoms with Gasteiger partial charge < -0.3 is 24.6 Å². The highest BCUT2D eigenvalue weighted by molar-refractivity contribution is 8.12. The Hall–Kier alpha value is -4.33. The number of nitrogens with zero attached hydrogens (tertiary/aromatic N) is 7. The summed E-state index contributed by atoms with van der Waals surface area (Å²) in [6.07, 6.45) is 1.45. The molecule has 5 heterocycles. The number of nitrogens with one attached hydrogen (secondary N) is 2. The van der Waals surface area contributed by atoms with Crippen LogP contribution < -0.4 is 19.7 Å². The van der Waals surface area contributed by atoms with Gasteiger partial charge in [-0.1, -0.05) is 24.4 Å². The normalized spacial score (nSPS) is 21.2. The molecule has 1 amide bonds. The summed E-state index contributed by atoms with van der Waals surface area (Å²) in [6, 6.07) is 4.93. The van der Waals surface area contributed by atoms with Gasteiger partial charge in [-0.15, -0.1) is 0 Å². The average molecular weight is 652 g/mol. The highest BCUT2D eigenvalue weighted by Gasteiger charge is 2.47. The van der Waals surface area contributed by atoms with E-state index in [-0.39, 0.29) is 56.8 Å². The van der Waals surface area contributed by atoms with Crippen LogP contribution in [-0.4, -0.2) is 96.1 Å². The number of aromatic amines is 1. The summed E-state index contributed by atoms with van der Waals surface area (Å²) < 4.78 is 40.2. The van der Waals surface area contributed by atoms with Crippen molar-refractivity contribution < 1.29 is 22.7 Å². The summed E-state index contributed by atoms with van der Waals surface area (Å²) in [7, 11) is -0.421. The van der Waals surface area contributed by atoms with Gasteiger partial charge in [0.25, 0.3) is 5.88 Å². The molecule has 1 aromatic carbocycles. The van der Waals surface area contributed by atoms with Gasteiger partial charge >= 0.3 is 0 Å². The van der Waals surface area contributed by atoms with E-state index in [9.17, 15) is 18.5 Å². The van der Waals surface area contributed by atoms with E-state index in [0.717, 1.165) is 32.3 Å². The van der Waals surface area contributed by atoms with Crippen molar-refractivity contribution in [2.45, 2.75) is 38.0 Å². The van der Waals surface area contributed by atoms with Crippen LogP contribution in [0, 0.1) is 18.3 Å². The number of sulfonamides is 1. The van der Waals surface area contributed by atoms with Crippen LogP contribution in [-0.2, 0) is 14.8 Å². The molecule has 0 bridgehead atoms. The maximum atomic E-state index is 13.0. The van der Waals surface area contributed by atoms with E-state index in [1.54, 1.807) is 20.3 Å². The van der Waals surface area contributed by atoms with Crippen LogP contribution in [0.3, 0.4) is 0 Å². The Labute approximate surface area is 265 Å². The van der Waals surface area contributed by atoms with Gasteiger partial charge in [-0.2, -0.15) is 24.6 Å². The molecule has 3 aliphatic rings. The van der Waals surface area contributed by atoms with E-state index in [1.165, 1.54) is 21.0 Å². The van der Waals surface area contributed by atoms with Crippen LogP contribution in [0.25, 0.3) is 10.9 Å². The van der Waals surface area contributed by atoms with Crippen molar-refractivity contribution in [3.05, 3.63) is 51.8 Å². The first-order valence-electron chi connectivity index (χ1n) is 14.4. The standard InChI is InChI=1S/C29H33N9O5S2/c1-5-45(40,41)38-13-12-37(25(22-16-44-22)20(38)8-10-30)27-26-28(34-29(33-27)31-11-9-23(39)36(3)4)43-21(15-42-26)24-17(2)6-7-19-18(24)14-32-35-19/h5-7,14,16,20-21,25H,1,8-9,11-13,15H2,2-4H3,(H,32,35)(H,31,33,34)/t20-,21?,25?/m0/s1. The lowest BCUT2D eigenvalue weighted by Crippen LogP contribution is -2.60. The second kappa shape index (κ2) is 12.2. The van der Waals surface area contributed by atoms with Gasteiger partial charge in [-0.05, 0) is 24.0 Å². The van der Waals surface area contributed by atoms with Crippen LogP contribution in [0.5, 0.6) is 11.6 Å². The van der Waals surface area contributed by atoms with Gasteiger partial charge in [0.1, 0.15) is 6.61 Å². The first-order valence-corrected chi connectivity index (χ1v) is 16.7. The molecule has 3 aromatic rings. The second-order valence-corrected chi connectivity index (χ2v) is 13.8. The van der Waals surface area contributed by atoms with Crippen LogP contribution in [0.1, 0.15) is 30.1 Å². The minimum Gasteiger partial charge on any atom is -0.481 e. The van der Waals surface area contributed by atoms with E-state index >= 15 is 0 Å². The molecule has 16 heteroatoms. The molecule has 0 aliphatic carbocycles. The molecule has 2 aromatic heterocycles. The molecular weight excluding hydrogens is 619 g/mol. The second-order valence-electron chi connectivity index (χ2n) is 11.0. The zero-order valence-electron chi connectivity index (χ0n) is 25.1. The first kappa shape index (κ1) is 30.7. The van der Waals surface area contributed by atoms with Crippen molar-refractivity contribution in [1.29, 1.82) is 5.26 Å². The highest BCUT2D eigenvalue weighted by Crippen LogP contribution is 2.49. The SMILES string of the molecule is C=CS(=O)(=O)N1CCN(c2nc(NCCC(=O)N(C)C)nc3c2OCC(c2c(C)ccc4[nH]ncc24)O3)C(C2=CS2)[C@@H]1CC#N. The molecule has 1 fully saturated rings. The molecule has 236 valence electrons. The fraction of sp³-hybridized carbons (Fsp3) is 0.414. The van der Waals surface area contributed by atoms with E-state index in [0.29, 0.717) is 11.6 Å². The Kier molecular flexibility index (Phi) is 8.33. The number of ether oxygens (including phenoxy) is 2. The molecule has 14 nitrogen and oxygen atoms in total. The summed E-state index contributed by atoms with van der Waals surface area (Å²) >= 11 is 1.50. The number of anilines is 2. The molecule has 6 rings (SSSR count). The van der Waals surface area contributed by atoms with Gasteiger partial charge in [0.15, 0.2) is 11.9 Å². The molecule has 2 N–H and O–H groups in total. The Morgan fingerprint density at radius 3 is 2.84 bits per heavy atom. The van der Waals surface area contributed by atoms with Gasteiger partial charge in [-0.25, -0.2) is 8.42 Å². The minimum absolute atomic E-state index is 0.0371. The van der Waals surface area contributed by atoms with Gasteiger partial charge in [0.05, 0.1) is 36.3 Å². The lowest BCUT2D eigenvalue weighted by atomic mass is 9.99. The smallest absolute Gasteiger partial charge is 0.265 e. The third kappa shape index (κ3) is 5.90. The molecule has 2 unspecified atom stereocenters. The topological polar surface area (TPSA) is 170 Å². The van der Waals surface area contributed by atoms with E-state index in [4.69, 9.17) is 14.5 Å². The number of fused-ring (bicyclic) bond motifs is 2. The molecular formula is C29H33N9O5S2. The van der Waals surface area contributed by atoms with Crippen LogP contribution in [0.2, 0.25) is 0 Å². The molecule has 3 atom stereocenters. The quantitative estimate of drug-likeness (QED) is 0.329. The summed E-state index contributed by atoms with van der Waals surface area (Å²) in [4.78, 5) is 26.1. The Morgan fingerprint density at radius 1 is 1.33 bits per heavy atom. The molecule has 3 aliphatic heterocycles. The fourth-order valence-electron chi connectivity index (χ4n) is 5.80. The van der Waals surface area contributed by atoms with Gasteiger partial charge in [0, 0.05) is 61.4 Å². The van der Waals surface area contributed by atoms with Crippen molar-refractivity contribution in [2.24, 2.45) is 0 Å². The average Bonchev–Trinajstić information content (AvgIpc) is 3.76. The fourth-order valence-corrected chi connectivity index (χ4v) is 7.52. The number of aromatic nitrogens is 4. The Bertz CT molecular complexity index is 1840. The predicted molar refractivity (Wildman–Crippen MR) is 170 cm³/mol. The number of piperazine rings is 1. The highest BCUT2D eigenvalue weighted by atomic mass is 32.2. The molecule has 45 heavy (non-hydrogen) atoms. The van der Waals surface area contributed by atoms with Crippen molar-refractivity contribution in [3.8, 4) is 17.7 Å². The van der Waals surface area contributed by atoms with E-state index in [1.807, 2.05) is 29.4 Å². The predicted octanol–water partition coefficient (Wildman–Crippen LogP) is 2.90. The Balaban J connectivity index is 1.40. The number of aryl methyl sites for hydroxylation is 1. The number of thioether (sulfide) groups is 1. The number of hydrogen-bond acceptors (Lipinski definition) is 12. The molecule has 0 saturated carbocycles. The number of benzene rings is 1. The zero-order valence-corrected chi connectivity index (χ0v) is 26.7. The van der Waals surface area contributed by atoms with Crippen molar-refractivity contribution in [1.82, 2.24) is 29.4 Å². The van der Waals surface area contributed by atoms with Gasteiger partial charge in [-0.3, -0.25) is 9.89 Å². The number of hydrogen-bond donors (Lipinski definition) is 2. The molecule has 0 spiro atoms. The molecule has 1 saturated heterocycles. The summed E-state index contributed by atoms with van der Waals surface area (Å²) in [6.45, 7) is 6.32. The maximum Gasteiger partial charge on any atom is 0.265 e. The van der Waals surface area contributed by atoms with Crippen LogP contribution >= 0.6 is 11.8 Å². The lowest BCUT2D eigenvalue weighted by molar-refractivity contribution is -0.128. The first-order chi connectivity index (χ1) is 21.6.